The number of rotatable bonds is 6. The van der Waals surface area contributed by atoms with E-state index < -0.39 is 5.97 Å². The van der Waals surface area contributed by atoms with Crippen molar-refractivity contribution >= 4 is 17.8 Å². The van der Waals surface area contributed by atoms with Crippen LogP contribution in [0.25, 0.3) is 0 Å². The number of morpholine rings is 1. The van der Waals surface area contributed by atoms with Crippen LogP contribution in [0.15, 0.2) is 48.5 Å². The molecule has 2 amide bonds. The standard InChI is InChI=1S/C22H22N2O5/c25-20-18-3-1-2-4-19(18)21(26)24(20)11-14-29-22(27)17-7-5-16(6-8-17)15-23-9-12-28-13-10-23/h1-8H,9-15H2. The molecule has 7 nitrogen and oxygen atoms in total. The van der Waals surface area contributed by atoms with Gasteiger partial charge in [0.05, 0.1) is 36.4 Å². The van der Waals surface area contributed by atoms with E-state index >= 15 is 0 Å². The summed E-state index contributed by atoms with van der Waals surface area (Å²) in [4.78, 5) is 40.3. The summed E-state index contributed by atoms with van der Waals surface area (Å²) in [5.74, 6) is -1.18. The largest absolute Gasteiger partial charge is 0.460 e. The number of nitrogens with zero attached hydrogens (tertiary/aromatic N) is 2. The first-order valence-electron chi connectivity index (χ1n) is 9.65. The summed E-state index contributed by atoms with van der Waals surface area (Å²) in [6.07, 6.45) is 0. The van der Waals surface area contributed by atoms with E-state index in [1.54, 1.807) is 36.4 Å². The van der Waals surface area contributed by atoms with Gasteiger partial charge in [-0.15, -0.1) is 0 Å². The SMILES string of the molecule is O=C(OCCN1C(=O)c2ccccc2C1=O)c1ccc(CN2CCOCC2)cc1. The van der Waals surface area contributed by atoms with E-state index in [9.17, 15) is 14.4 Å². The minimum atomic E-state index is -0.473. The third-order valence-corrected chi connectivity index (χ3v) is 5.13. The molecule has 0 atom stereocenters. The third-order valence-electron chi connectivity index (χ3n) is 5.13. The lowest BCUT2D eigenvalue weighted by Gasteiger charge is -2.26. The molecular formula is C22H22N2O5. The van der Waals surface area contributed by atoms with Crippen molar-refractivity contribution in [3.63, 3.8) is 0 Å². The van der Waals surface area contributed by atoms with Crippen LogP contribution in [0.2, 0.25) is 0 Å². The molecule has 0 aromatic heterocycles. The van der Waals surface area contributed by atoms with Crippen molar-refractivity contribution in [2.45, 2.75) is 6.54 Å². The number of imide groups is 1. The van der Waals surface area contributed by atoms with Crippen LogP contribution in [0.1, 0.15) is 36.6 Å². The topological polar surface area (TPSA) is 76.2 Å². The Morgan fingerprint density at radius 2 is 1.55 bits per heavy atom. The first-order valence-corrected chi connectivity index (χ1v) is 9.65. The maximum Gasteiger partial charge on any atom is 0.338 e. The van der Waals surface area contributed by atoms with Crippen molar-refractivity contribution in [1.82, 2.24) is 9.80 Å². The minimum Gasteiger partial charge on any atom is -0.460 e. The Morgan fingerprint density at radius 1 is 0.931 bits per heavy atom. The highest BCUT2D eigenvalue weighted by Crippen LogP contribution is 2.22. The Morgan fingerprint density at radius 3 is 2.17 bits per heavy atom. The quantitative estimate of drug-likeness (QED) is 0.551. The van der Waals surface area contributed by atoms with Gasteiger partial charge in [0.25, 0.3) is 11.8 Å². The zero-order chi connectivity index (χ0) is 20.2. The van der Waals surface area contributed by atoms with Crippen LogP contribution in [0.5, 0.6) is 0 Å². The van der Waals surface area contributed by atoms with Crippen LogP contribution in [0.3, 0.4) is 0 Å². The molecule has 2 aromatic rings. The average Bonchev–Trinajstić information content (AvgIpc) is 3.00. The number of esters is 1. The highest BCUT2D eigenvalue weighted by molar-refractivity contribution is 6.21. The zero-order valence-corrected chi connectivity index (χ0v) is 16.0. The second-order valence-corrected chi connectivity index (χ2v) is 7.03. The molecule has 150 valence electrons. The van der Waals surface area contributed by atoms with Crippen LogP contribution in [-0.2, 0) is 16.0 Å². The minimum absolute atomic E-state index is 0.0349. The van der Waals surface area contributed by atoms with Gasteiger partial charge in [-0.2, -0.15) is 0 Å². The summed E-state index contributed by atoms with van der Waals surface area (Å²) in [6, 6.07) is 14.0. The molecule has 4 rings (SSSR count). The second-order valence-electron chi connectivity index (χ2n) is 7.03. The number of carbonyl (C=O) groups is 3. The van der Waals surface area contributed by atoms with E-state index in [-0.39, 0.29) is 25.0 Å². The first kappa shape index (κ1) is 19.3. The van der Waals surface area contributed by atoms with Gasteiger partial charge in [-0.05, 0) is 29.8 Å². The Balaban J connectivity index is 1.28. The molecule has 0 aliphatic carbocycles. The van der Waals surface area contributed by atoms with E-state index in [4.69, 9.17) is 9.47 Å². The lowest BCUT2D eigenvalue weighted by molar-refractivity contribution is 0.0342. The highest BCUT2D eigenvalue weighted by atomic mass is 16.5. The Labute approximate surface area is 168 Å². The van der Waals surface area contributed by atoms with Crippen LogP contribution >= 0.6 is 0 Å². The second kappa shape index (κ2) is 8.55. The van der Waals surface area contributed by atoms with E-state index in [1.807, 2.05) is 12.1 Å². The normalized spacial score (nSPS) is 16.8. The molecule has 2 aliphatic rings. The molecule has 0 bridgehead atoms. The smallest absolute Gasteiger partial charge is 0.338 e. The molecule has 1 fully saturated rings. The van der Waals surface area contributed by atoms with Crippen molar-refractivity contribution < 1.29 is 23.9 Å². The predicted octanol–water partition coefficient (Wildman–Crippen LogP) is 1.97. The Kier molecular flexibility index (Phi) is 5.69. The molecule has 0 radical (unpaired) electrons. The lowest BCUT2D eigenvalue weighted by Crippen LogP contribution is -2.35. The lowest BCUT2D eigenvalue weighted by atomic mass is 10.1. The summed E-state index contributed by atoms with van der Waals surface area (Å²) in [5, 5.41) is 0. The molecule has 29 heavy (non-hydrogen) atoms. The number of hydrogen-bond acceptors (Lipinski definition) is 6. The summed E-state index contributed by atoms with van der Waals surface area (Å²) < 4.78 is 10.6. The van der Waals surface area contributed by atoms with Gasteiger partial charge < -0.3 is 9.47 Å². The van der Waals surface area contributed by atoms with Gasteiger partial charge in [0.1, 0.15) is 6.61 Å². The Bertz CT molecular complexity index is 884. The summed E-state index contributed by atoms with van der Waals surface area (Å²) in [6.45, 7) is 4.11. The van der Waals surface area contributed by atoms with Crippen molar-refractivity contribution in [1.29, 1.82) is 0 Å². The number of carbonyl (C=O) groups excluding carboxylic acids is 3. The summed E-state index contributed by atoms with van der Waals surface area (Å²) in [5.41, 5.74) is 2.34. The average molecular weight is 394 g/mol. The van der Waals surface area contributed by atoms with Gasteiger partial charge in [0, 0.05) is 19.6 Å². The molecule has 0 N–H and O–H groups in total. The van der Waals surface area contributed by atoms with Crippen molar-refractivity contribution in [2.24, 2.45) is 0 Å². The fourth-order valence-electron chi connectivity index (χ4n) is 3.52. The third kappa shape index (κ3) is 4.21. The van der Waals surface area contributed by atoms with E-state index in [0.29, 0.717) is 16.7 Å². The van der Waals surface area contributed by atoms with Crippen molar-refractivity contribution in [3.8, 4) is 0 Å². The van der Waals surface area contributed by atoms with Crippen LogP contribution < -0.4 is 0 Å². The fourth-order valence-corrected chi connectivity index (χ4v) is 3.52. The highest BCUT2D eigenvalue weighted by Gasteiger charge is 2.34. The molecule has 2 heterocycles. The summed E-state index contributed by atoms with van der Waals surface area (Å²) >= 11 is 0. The van der Waals surface area contributed by atoms with Crippen LogP contribution in [0, 0.1) is 0 Å². The van der Waals surface area contributed by atoms with Gasteiger partial charge in [0.15, 0.2) is 0 Å². The monoisotopic (exact) mass is 394 g/mol. The number of fused-ring (bicyclic) bond motifs is 1. The van der Waals surface area contributed by atoms with Gasteiger partial charge in [-0.3, -0.25) is 19.4 Å². The van der Waals surface area contributed by atoms with Gasteiger partial charge in [-0.25, -0.2) is 4.79 Å². The molecule has 0 spiro atoms. The van der Waals surface area contributed by atoms with E-state index in [2.05, 4.69) is 4.90 Å². The van der Waals surface area contributed by atoms with Gasteiger partial charge in [-0.1, -0.05) is 24.3 Å². The van der Waals surface area contributed by atoms with Gasteiger partial charge >= 0.3 is 5.97 Å². The van der Waals surface area contributed by atoms with Crippen molar-refractivity contribution in [2.75, 3.05) is 39.5 Å². The maximum atomic E-state index is 12.3. The molecule has 7 heteroatoms. The number of amides is 2. The van der Waals surface area contributed by atoms with E-state index in [0.717, 1.165) is 43.3 Å². The molecule has 2 aromatic carbocycles. The fraction of sp³-hybridized carbons (Fsp3) is 0.318. The Hall–Kier alpha value is -3.03. The molecule has 2 aliphatic heterocycles. The van der Waals surface area contributed by atoms with Crippen LogP contribution in [0.4, 0.5) is 0 Å². The number of ether oxygens (including phenoxy) is 2. The predicted molar refractivity (Wildman–Crippen MR) is 105 cm³/mol. The molecule has 0 unspecified atom stereocenters. The van der Waals surface area contributed by atoms with Gasteiger partial charge in [0.2, 0.25) is 0 Å². The van der Waals surface area contributed by atoms with Crippen LogP contribution in [-0.4, -0.2) is 67.0 Å². The molecule has 0 saturated carbocycles. The molecular weight excluding hydrogens is 372 g/mol. The number of hydrogen-bond donors (Lipinski definition) is 0. The van der Waals surface area contributed by atoms with Crippen molar-refractivity contribution in [3.05, 3.63) is 70.8 Å². The summed E-state index contributed by atoms with van der Waals surface area (Å²) in [7, 11) is 0. The maximum absolute atomic E-state index is 12.3. The zero-order valence-electron chi connectivity index (χ0n) is 16.0. The number of benzene rings is 2. The molecule has 1 saturated heterocycles. The van der Waals surface area contributed by atoms with E-state index in [1.165, 1.54) is 0 Å². The first-order chi connectivity index (χ1) is 14.1.